The first-order chi connectivity index (χ1) is 32.9. The first kappa shape index (κ1) is 44.2. The van der Waals surface area contributed by atoms with Crippen molar-refractivity contribution in [2.45, 2.75) is 59.3 Å². The van der Waals surface area contributed by atoms with Gasteiger partial charge in [-0.2, -0.15) is 8.75 Å². The predicted octanol–water partition coefficient (Wildman–Crippen LogP) is 18.0. The lowest BCUT2D eigenvalue weighted by molar-refractivity contribution is 0.590. The van der Waals surface area contributed by atoms with E-state index in [2.05, 4.69) is 240 Å². The van der Waals surface area contributed by atoms with Crippen molar-refractivity contribution in [3.05, 3.63) is 223 Å². The number of allylic oxidation sites excluding steroid dienone is 5. The molecule has 8 aromatic carbocycles. The largest absolute Gasteiger partial charge is 0.309 e. The second-order valence-electron chi connectivity index (χ2n) is 19.7. The summed E-state index contributed by atoms with van der Waals surface area (Å²) >= 11 is 1.26. The van der Waals surface area contributed by atoms with Crippen molar-refractivity contribution in [2.24, 2.45) is 0 Å². The number of fused-ring (bicyclic) bond motifs is 4. The fraction of sp³-hybridized carbons (Fsp3) is 0.143. The summed E-state index contributed by atoms with van der Waals surface area (Å²) in [5.41, 5.74) is 20.2. The summed E-state index contributed by atoms with van der Waals surface area (Å²) in [6.07, 6.45) is 8.09. The van der Waals surface area contributed by atoms with Crippen molar-refractivity contribution in [2.75, 3.05) is 4.90 Å². The zero-order valence-corrected chi connectivity index (χ0v) is 40.8. The maximum Gasteiger partial charge on any atom is 0.129 e. The molecule has 0 aliphatic carbocycles. The molecule has 0 atom stereocenters. The van der Waals surface area contributed by atoms with Gasteiger partial charge in [-0.1, -0.05) is 182 Å². The lowest BCUT2D eigenvalue weighted by Crippen LogP contribution is -2.11. The molecule has 0 unspecified atom stereocenters. The molecule has 0 amide bonds. The lowest BCUT2D eigenvalue weighted by Gasteiger charge is -2.26. The van der Waals surface area contributed by atoms with Gasteiger partial charge in [-0.15, -0.1) is 0 Å². The van der Waals surface area contributed by atoms with E-state index in [9.17, 15) is 0 Å². The Morgan fingerprint density at radius 2 is 1.06 bits per heavy atom. The Hall–Kier alpha value is -7.60. The van der Waals surface area contributed by atoms with Crippen LogP contribution in [-0.4, -0.2) is 13.3 Å². The summed E-state index contributed by atoms with van der Waals surface area (Å²) in [6, 6.07) is 64.4. The molecule has 68 heavy (non-hydrogen) atoms. The van der Waals surface area contributed by atoms with E-state index in [0.717, 1.165) is 67.1 Å². The van der Waals surface area contributed by atoms with Crippen LogP contribution in [0.3, 0.4) is 0 Å². The molecular weight excluding hydrogens is 845 g/mol. The smallest absolute Gasteiger partial charge is 0.129 e. The van der Waals surface area contributed by atoms with E-state index in [1.54, 1.807) is 0 Å². The minimum absolute atomic E-state index is 0.0983. The second kappa shape index (κ2) is 17.9. The highest BCUT2D eigenvalue weighted by Crippen LogP contribution is 2.44. The summed E-state index contributed by atoms with van der Waals surface area (Å²) in [7, 11) is 0. The van der Waals surface area contributed by atoms with E-state index in [-0.39, 0.29) is 10.8 Å². The quantitative estimate of drug-likeness (QED) is 0.128. The minimum Gasteiger partial charge on any atom is -0.309 e. The predicted molar refractivity (Wildman–Crippen MR) is 293 cm³/mol. The van der Waals surface area contributed by atoms with E-state index in [0.29, 0.717) is 0 Å². The number of rotatable bonds is 10. The number of benzene rings is 8. The van der Waals surface area contributed by atoms with Crippen LogP contribution in [0.1, 0.15) is 65.2 Å². The first-order valence-corrected chi connectivity index (χ1v) is 24.2. The van der Waals surface area contributed by atoms with E-state index in [1.165, 1.54) is 55.9 Å². The van der Waals surface area contributed by atoms with Gasteiger partial charge in [-0.3, -0.25) is 0 Å². The molecule has 0 radical (unpaired) electrons. The van der Waals surface area contributed by atoms with Crippen molar-refractivity contribution >= 4 is 67.2 Å². The third-order valence-corrected chi connectivity index (χ3v) is 13.7. The van der Waals surface area contributed by atoms with E-state index < -0.39 is 0 Å². The first-order valence-electron chi connectivity index (χ1n) is 23.5. The molecule has 0 spiro atoms. The Bertz CT molecular complexity index is 3400. The summed E-state index contributed by atoms with van der Waals surface area (Å²) in [5, 5.41) is 2.39. The molecule has 0 bridgehead atoms. The molecule has 0 N–H and O–H groups in total. The van der Waals surface area contributed by atoms with Crippen LogP contribution < -0.4 is 4.90 Å². The molecule has 10 rings (SSSR count). The number of hydrogen-bond donors (Lipinski definition) is 0. The monoisotopic (exact) mass is 900 g/mol. The highest BCUT2D eigenvalue weighted by molar-refractivity contribution is 7.00. The maximum atomic E-state index is 5.03. The molecule has 0 saturated carbocycles. The highest BCUT2D eigenvalue weighted by atomic mass is 32.1. The van der Waals surface area contributed by atoms with E-state index in [4.69, 9.17) is 8.75 Å². The molecular formula is C63H56N4S. The standard InChI is InChI=1S/C63H56N4S/c1-9-11-14-42(10-2)43-21-36-53(37-22-43)67-57-16-13-12-15-55(57)56-41-48(27-39-58(56)67)54-38-40-59(61-60(54)64-68-65-61)66(51-32-23-46(24-33-51)44-17-28-49(29-18-44)62(3,4)5)52-34-25-47(26-35-52)45-19-30-50(31-20-45)63(6,7)8/h9-41H,2H2,1,3-8H3/b11-9-,42-14+. The van der Waals surface area contributed by atoms with Gasteiger partial charge in [0.1, 0.15) is 11.0 Å². The van der Waals surface area contributed by atoms with Crippen molar-refractivity contribution in [3.8, 4) is 39.1 Å². The minimum atomic E-state index is 0.0983. The number of nitrogens with zero attached hydrogens (tertiary/aromatic N) is 4. The van der Waals surface area contributed by atoms with Crippen LogP contribution in [0.4, 0.5) is 17.1 Å². The van der Waals surface area contributed by atoms with Gasteiger partial charge in [-0.25, -0.2) is 0 Å². The fourth-order valence-corrected chi connectivity index (χ4v) is 9.90. The zero-order valence-electron chi connectivity index (χ0n) is 40.0. The van der Waals surface area contributed by atoms with Gasteiger partial charge in [-0.05, 0) is 135 Å². The topological polar surface area (TPSA) is 34.0 Å². The molecule has 0 fully saturated rings. The molecule has 2 heterocycles. The lowest BCUT2D eigenvalue weighted by atomic mass is 9.86. The fourth-order valence-electron chi connectivity index (χ4n) is 9.33. The van der Waals surface area contributed by atoms with Gasteiger partial charge in [0.05, 0.1) is 28.4 Å². The Morgan fingerprint density at radius 3 is 1.60 bits per heavy atom. The number of anilines is 3. The van der Waals surface area contributed by atoms with Crippen LogP contribution in [0.25, 0.3) is 77.5 Å². The van der Waals surface area contributed by atoms with Crippen LogP contribution in [0.5, 0.6) is 0 Å². The van der Waals surface area contributed by atoms with Crippen molar-refractivity contribution in [1.82, 2.24) is 13.3 Å². The van der Waals surface area contributed by atoms with Crippen LogP contribution in [-0.2, 0) is 10.8 Å². The summed E-state index contributed by atoms with van der Waals surface area (Å²) in [4.78, 5) is 2.32. The Morgan fingerprint density at radius 1 is 0.544 bits per heavy atom. The average molecular weight is 901 g/mol. The zero-order chi connectivity index (χ0) is 47.2. The third-order valence-electron chi connectivity index (χ3n) is 13.2. The van der Waals surface area contributed by atoms with Crippen molar-refractivity contribution in [3.63, 3.8) is 0 Å². The normalized spacial score (nSPS) is 12.4. The third kappa shape index (κ3) is 8.39. The molecule has 0 saturated heterocycles. The van der Waals surface area contributed by atoms with Crippen LogP contribution in [0.2, 0.25) is 0 Å². The van der Waals surface area contributed by atoms with Gasteiger partial charge >= 0.3 is 0 Å². The van der Waals surface area contributed by atoms with Crippen LogP contribution in [0.15, 0.2) is 207 Å². The number of hydrogen-bond acceptors (Lipinski definition) is 4. The summed E-state index contributed by atoms with van der Waals surface area (Å²) < 4.78 is 12.4. The average Bonchev–Trinajstić information content (AvgIpc) is 3.98. The van der Waals surface area contributed by atoms with Gasteiger partial charge in [0.15, 0.2) is 0 Å². The molecule has 2 aromatic heterocycles. The Labute approximate surface area is 405 Å². The highest BCUT2D eigenvalue weighted by Gasteiger charge is 2.22. The molecule has 0 aliphatic heterocycles. The van der Waals surface area contributed by atoms with Crippen LogP contribution >= 0.6 is 11.7 Å². The van der Waals surface area contributed by atoms with Crippen molar-refractivity contribution < 1.29 is 0 Å². The van der Waals surface area contributed by atoms with Gasteiger partial charge in [0.2, 0.25) is 0 Å². The SMILES string of the molecule is C=C/C(=C\C=C/C)c1ccc(-n2c3ccccc3c3cc(-c4ccc(N(c5ccc(-c6ccc(C(C)(C)C)cc6)cc5)c5ccc(-c6ccc(C(C)(C)C)cc6)cc5)c5nsnc45)ccc32)cc1. The second-order valence-corrected chi connectivity index (χ2v) is 20.2. The van der Waals surface area contributed by atoms with Crippen molar-refractivity contribution in [1.29, 1.82) is 0 Å². The van der Waals surface area contributed by atoms with Gasteiger partial charge < -0.3 is 9.47 Å². The molecule has 334 valence electrons. The summed E-state index contributed by atoms with van der Waals surface area (Å²) in [5.74, 6) is 0. The van der Waals surface area contributed by atoms with E-state index in [1.807, 2.05) is 25.2 Å². The van der Waals surface area contributed by atoms with Crippen LogP contribution in [0, 0.1) is 0 Å². The molecule has 4 nitrogen and oxygen atoms in total. The maximum absolute atomic E-state index is 5.03. The molecule has 5 heteroatoms. The number of aromatic nitrogens is 3. The summed E-state index contributed by atoms with van der Waals surface area (Å²) in [6.45, 7) is 19.6. The molecule has 10 aromatic rings. The molecule has 0 aliphatic rings. The Kier molecular flexibility index (Phi) is 11.6. The van der Waals surface area contributed by atoms with Gasteiger partial charge in [0.25, 0.3) is 0 Å². The van der Waals surface area contributed by atoms with Gasteiger partial charge in [0, 0.05) is 33.4 Å². The number of para-hydroxylation sites is 1. The van der Waals surface area contributed by atoms with E-state index >= 15 is 0 Å². The Balaban J connectivity index is 1.05.